The van der Waals surface area contributed by atoms with Gasteiger partial charge in [0.2, 0.25) is 5.91 Å². The molecule has 2 N–H and O–H groups in total. The van der Waals surface area contributed by atoms with Gasteiger partial charge in [0.15, 0.2) is 0 Å². The quantitative estimate of drug-likeness (QED) is 0.801. The summed E-state index contributed by atoms with van der Waals surface area (Å²) in [5.41, 5.74) is 5.67. The van der Waals surface area contributed by atoms with E-state index in [9.17, 15) is 4.79 Å². The molecule has 1 aliphatic carbocycles. The molecule has 98 valence electrons. The molecular formula is C14H26N2O. The summed E-state index contributed by atoms with van der Waals surface area (Å²) >= 11 is 0. The number of nitrogens with two attached hydrogens (primary N) is 1. The predicted molar refractivity (Wildman–Crippen MR) is 69.5 cm³/mol. The highest BCUT2D eigenvalue weighted by molar-refractivity contribution is 5.84. The van der Waals surface area contributed by atoms with Crippen LogP contribution in [0.15, 0.2) is 0 Å². The van der Waals surface area contributed by atoms with Gasteiger partial charge in [-0.2, -0.15) is 0 Å². The normalized spacial score (nSPS) is 38.4. The standard InChI is InChI=1S/C14H26N2O/c1-11-8-14(9-11,10-15)13(17)16-7-5-3-4-6-12(16)2/h11-12H,3-10,15H2,1-2H3. The third-order valence-electron chi connectivity index (χ3n) is 4.64. The first-order valence-electron chi connectivity index (χ1n) is 7.10. The second-order valence-corrected chi connectivity index (χ2v) is 6.19. The summed E-state index contributed by atoms with van der Waals surface area (Å²) in [7, 11) is 0. The summed E-state index contributed by atoms with van der Waals surface area (Å²) in [6.45, 7) is 5.87. The highest BCUT2D eigenvalue weighted by atomic mass is 16.2. The van der Waals surface area contributed by atoms with Gasteiger partial charge in [0.25, 0.3) is 0 Å². The average Bonchev–Trinajstić information content (AvgIpc) is 2.48. The van der Waals surface area contributed by atoms with Crippen molar-refractivity contribution in [2.45, 2.75) is 58.4 Å². The molecule has 0 aromatic carbocycles. The van der Waals surface area contributed by atoms with E-state index in [4.69, 9.17) is 5.73 Å². The lowest BCUT2D eigenvalue weighted by atomic mass is 9.61. The van der Waals surface area contributed by atoms with Crippen LogP contribution < -0.4 is 5.73 Å². The number of amides is 1. The van der Waals surface area contributed by atoms with Gasteiger partial charge in [-0.25, -0.2) is 0 Å². The summed E-state index contributed by atoms with van der Waals surface area (Å²) in [6, 6.07) is 0.407. The molecule has 0 bridgehead atoms. The molecule has 0 spiro atoms. The monoisotopic (exact) mass is 238 g/mol. The summed E-state index contributed by atoms with van der Waals surface area (Å²) < 4.78 is 0. The molecule has 1 atom stereocenters. The molecule has 17 heavy (non-hydrogen) atoms. The molecule has 1 saturated carbocycles. The summed E-state index contributed by atoms with van der Waals surface area (Å²) in [4.78, 5) is 14.8. The Morgan fingerprint density at radius 3 is 2.59 bits per heavy atom. The van der Waals surface area contributed by atoms with Crippen LogP contribution in [0.5, 0.6) is 0 Å². The molecule has 1 aliphatic heterocycles. The molecule has 3 nitrogen and oxygen atoms in total. The largest absolute Gasteiger partial charge is 0.339 e. The number of hydrogen-bond acceptors (Lipinski definition) is 2. The van der Waals surface area contributed by atoms with Crippen molar-refractivity contribution in [1.82, 2.24) is 4.90 Å². The summed E-state index contributed by atoms with van der Waals surface area (Å²) in [6.07, 6.45) is 6.82. The van der Waals surface area contributed by atoms with Gasteiger partial charge in [-0.05, 0) is 38.5 Å². The SMILES string of the molecule is CC1CC(CN)(C(=O)N2CCCCCC2C)C1. The highest BCUT2D eigenvalue weighted by Crippen LogP contribution is 2.46. The topological polar surface area (TPSA) is 46.3 Å². The van der Waals surface area contributed by atoms with Crippen LogP contribution in [0.25, 0.3) is 0 Å². The summed E-state index contributed by atoms with van der Waals surface area (Å²) in [5, 5.41) is 0. The minimum absolute atomic E-state index is 0.210. The average molecular weight is 238 g/mol. The van der Waals surface area contributed by atoms with Crippen molar-refractivity contribution in [3.63, 3.8) is 0 Å². The molecule has 0 radical (unpaired) electrons. The highest BCUT2D eigenvalue weighted by Gasteiger charge is 2.49. The zero-order valence-corrected chi connectivity index (χ0v) is 11.2. The maximum Gasteiger partial charge on any atom is 0.230 e. The fourth-order valence-electron chi connectivity index (χ4n) is 3.58. The fraction of sp³-hybridized carbons (Fsp3) is 0.929. The van der Waals surface area contributed by atoms with Gasteiger partial charge < -0.3 is 10.6 Å². The van der Waals surface area contributed by atoms with E-state index in [1.807, 2.05) is 0 Å². The van der Waals surface area contributed by atoms with Crippen LogP contribution in [0.1, 0.15) is 52.4 Å². The van der Waals surface area contributed by atoms with Crippen molar-refractivity contribution in [2.24, 2.45) is 17.1 Å². The van der Waals surface area contributed by atoms with Gasteiger partial charge in [0, 0.05) is 19.1 Å². The zero-order chi connectivity index (χ0) is 12.5. The molecule has 2 fully saturated rings. The van der Waals surface area contributed by atoms with Crippen molar-refractivity contribution in [3.05, 3.63) is 0 Å². The van der Waals surface area contributed by atoms with Crippen molar-refractivity contribution < 1.29 is 4.79 Å². The zero-order valence-electron chi connectivity index (χ0n) is 11.2. The second-order valence-electron chi connectivity index (χ2n) is 6.19. The number of carbonyl (C=O) groups is 1. The Hall–Kier alpha value is -0.570. The van der Waals surface area contributed by atoms with Crippen LogP contribution in [0, 0.1) is 11.3 Å². The Bertz CT molecular complexity index is 284. The minimum Gasteiger partial charge on any atom is -0.339 e. The molecule has 1 unspecified atom stereocenters. The van der Waals surface area contributed by atoms with Gasteiger partial charge in [-0.3, -0.25) is 4.79 Å². The van der Waals surface area contributed by atoms with Crippen LogP contribution in [0.2, 0.25) is 0 Å². The maximum atomic E-state index is 12.7. The second kappa shape index (κ2) is 4.97. The first kappa shape index (κ1) is 12.9. The number of carbonyl (C=O) groups excluding carboxylic acids is 1. The lowest BCUT2D eigenvalue weighted by molar-refractivity contribution is -0.151. The molecular weight excluding hydrogens is 212 g/mol. The Morgan fingerprint density at radius 2 is 2.00 bits per heavy atom. The van der Waals surface area contributed by atoms with Crippen LogP contribution in [-0.2, 0) is 4.79 Å². The van der Waals surface area contributed by atoms with E-state index in [0.717, 1.165) is 32.2 Å². The van der Waals surface area contributed by atoms with E-state index in [2.05, 4.69) is 18.7 Å². The van der Waals surface area contributed by atoms with Crippen molar-refractivity contribution in [3.8, 4) is 0 Å². The van der Waals surface area contributed by atoms with Crippen molar-refractivity contribution >= 4 is 5.91 Å². The smallest absolute Gasteiger partial charge is 0.230 e. The van der Waals surface area contributed by atoms with E-state index >= 15 is 0 Å². The van der Waals surface area contributed by atoms with Gasteiger partial charge >= 0.3 is 0 Å². The molecule has 0 aromatic heterocycles. The Kier molecular flexibility index (Phi) is 3.76. The first-order valence-corrected chi connectivity index (χ1v) is 7.10. The van der Waals surface area contributed by atoms with E-state index in [-0.39, 0.29) is 5.41 Å². The third kappa shape index (κ3) is 2.35. The molecule has 1 amide bonds. The van der Waals surface area contributed by atoms with Gasteiger partial charge in [0.05, 0.1) is 5.41 Å². The van der Waals surface area contributed by atoms with Crippen molar-refractivity contribution in [1.29, 1.82) is 0 Å². The first-order chi connectivity index (χ1) is 8.09. The maximum absolute atomic E-state index is 12.7. The van der Waals surface area contributed by atoms with Gasteiger partial charge in [-0.1, -0.05) is 19.8 Å². The molecule has 1 heterocycles. The molecule has 0 aromatic rings. The van der Waals surface area contributed by atoms with Gasteiger partial charge in [0.1, 0.15) is 0 Å². The Labute approximate surface area is 105 Å². The number of rotatable bonds is 2. The Balaban J connectivity index is 2.07. The summed E-state index contributed by atoms with van der Waals surface area (Å²) in [5.74, 6) is 1.01. The lowest BCUT2D eigenvalue weighted by Gasteiger charge is -2.47. The molecule has 1 saturated heterocycles. The minimum atomic E-state index is -0.210. The van der Waals surface area contributed by atoms with E-state index in [1.54, 1.807) is 0 Å². The fourth-order valence-corrected chi connectivity index (χ4v) is 3.58. The number of likely N-dealkylation sites (tertiary alicyclic amines) is 1. The molecule has 3 heteroatoms. The van der Waals surface area contributed by atoms with Gasteiger partial charge in [-0.15, -0.1) is 0 Å². The van der Waals surface area contributed by atoms with Crippen LogP contribution >= 0.6 is 0 Å². The molecule has 2 rings (SSSR count). The van der Waals surface area contributed by atoms with E-state index < -0.39 is 0 Å². The predicted octanol–water partition coefficient (Wildman–Crippen LogP) is 2.15. The van der Waals surface area contributed by atoms with Crippen LogP contribution in [0.3, 0.4) is 0 Å². The van der Waals surface area contributed by atoms with Crippen molar-refractivity contribution in [2.75, 3.05) is 13.1 Å². The third-order valence-corrected chi connectivity index (χ3v) is 4.64. The number of hydrogen-bond donors (Lipinski definition) is 1. The van der Waals surface area contributed by atoms with Crippen LogP contribution in [0.4, 0.5) is 0 Å². The van der Waals surface area contributed by atoms with E-state index in [0.29, 0.717) is 24.4 Å². The lowest BCUT2D eigenvalue weighted by Crippen LogP contribution is -2.56. The number of nitrogens with zero attached hydrogens (tertiary/aromatic N) is 1. The Morgan fingerprint density at radius 1 is 1.29 bits per heavy atom. The molecule has 2 aliphatic rings. The van der Waals surface area contributed by atoms with E-state index in [1.165, 1.54) is 12.8 Å². The van der Waals surface area contributed by atoms with Crippen LogP contribution in [-0.4, -0.2) is 29.9 Å².